The molecule has 0 bridgehead atoms. The zero-order valence-corrected chi connectivity index (χ0v) is 15.9. The second-order valence-corrected chi connectivity index (χ2v) is 7.23. The largest absolute Gasteiger partial charge is 0.496 e. The van der Waals surface area contributed by atoms with Crippen LogP contribution in [0.1, 0.15) is 15.9 Å². The Morgan fingerprint density at radius 1 is 1.19 bits per heavy atom. The fourth-order valence-electron chi connectivity index (χ4n) is 2.33. The van der Waals surface area contributed by atoms with Crippen LogP contribution >= 0.6 is 34.5 Å². The van der Waals surface area contributed by atoms with Crippen molar-refractivity contribution in [2.24, 2.45) is 0 Å². The lowest BCUT2D eigenvalue weighted by Crippen LogP contribution is -2.20. The minimum atomic E-state index is -0.292. The van der Waals surface area contributed by atoms with Gasteiger partial charge in [-0.3, -0.25) is 9.59 Å². The van der Waals surface area contributed by atoms with Gasteiger partial charge in [-0.2, -0.15) is 0 Å². The molecule has 0 saturated heterocycles. The predicted molar refractivity (Wildman–Crippen MR) is 106 cm³/mol. The normalized spacial score (nSPS) is 12.4. The highest BCUT2D eigenvalue weighted by Gasteiger charge is 2.09. The highest BCUT2D eigenvalue weighted by Crippen LogP contribution is 2.21. The molecule has 3 rings (SSSR count). The van der Waals surface area contributed by atoms with Gasteiger partial charge in [-0.05, 0) is 35.9 Å². The van der Waals surface area contributed by atoms with Gasteiger partial charge in [0.25, 0.3) is 5.56 Å². The molecule has 0 radical (unpaired) electrons. The van der Waals surface area contributed by atoms with Crippen molar-refractivity contribution in [1.82, 2.24) is 4.98 Å². The van der Waals surface area contributed by atoms with E-state index in [0.717, 1.165) is 0 Å². The number of rotatable bonds is 4. The maximum absolute atomic E-state index is 12.5. The average molecular weight is 406 g/mol. The van der Waals surface area contributed by atoms with Crippen molar-refractivity contribution in [3.8, 4) is 5.75 Å². The number of ether oxygens (including phenoxy) is 1. The number of ketones is 1. The Balaban J connectivity index is 2.02. The van der Waals surface area contributed by atoms with Gasteiger partial charge in [0, 0.05) is 16.1 Å². The number of para-hydroxylation sites is 1. The summed E-state index contributed by atoms with van der Waals surface area (Å²) in [5.74, 6) is 0.225. The van der Waals surface area contributed by atoms with Crippen LogP contribution in [0, 0.1) is 0 Å². The summed E-state index contributed by atoms with van der Waals surface area (Å²) in [5.41, 5.74) is 0.807. The van der Waals surface area contributed by atoms with Gasteiger partial charge in [0.15, 0.2) is 5.78 Å². The maximum Gasteiger partial charge on any atom is 0.266 e. The fourth-order valence-corrected chi connectivity index (χ4v) is 3.67. The Morgan fingerprint density at radius 2 is 1.96 bits per heavy atom. The first kappa shape index (κ1) is 18.5. The van der Waals surface area contributed by atoms with Gasteiger partial charge in [0.2, 0.25) is 0 Å². The van der Waals surface area contributed by atoms with Crippen LogP contribution in [0.4, 0.5) is 0 Å². The summed E-state index contributed by atoms with van der Waals surface area (Å²) in [6.07, 6.45) is 3.04. The Hall–Kier alpha value is -2.34. The lowest BCUT2D eigenvalue weighted by molar-refractivity contribution is 0.105. The number of benzene rings is 2. The van der Waals surface area contributed by atoms with Crippen LogP contribution in [0.15, 0.2) is 47.3 Å². The number of aromatic nitrogens is 1. The van der Waals surface area contributed by atoms with Gasteiger partial charge in [-0.1, -0.05) is 41.4 Å². The number of hydrogen-bond acceptors (Lipinski definition) is 4. The third-order valence-electron chi connectivity index (χ3n) is 3.56. The number of H-pyrrole nitrogens is 1. The van der Waals surface area contributed by atoms with Gasteiger partial charge >= 0.3 is 0 Å². The number of carbonyl (C=O) groups is 1. The summed E-state index contributed by atoms with van der Waals surface area (Å²) in [4.78, 5) is 27.3. The van der Waals surface area contributed by atoms with Gasteiger partial charge in [-0.25, -0.2) is 0 Å². The first-order chi connectivity index (χ1) is 12.5. The second kappa shape index (κ2) is 7.91. The molecule has 0 spiro atoms. The van der Waals surface area contributed by atoms with E-state index in [0.29, 0.717) is 36.1 Å². The summed E-state index contributed by atoms with van der Waals surface area (Å²) in [5, 5.41) is 0.963. The van der Waals surface area contributed by atoms with Crippen LogP contribution in [0.5, 0.6) is 5.75 Å². The van der Waals surface area contributed by atoms with Crippen LogP contribution < -0.4 is 19.5 Å². The highest BCUT2D eigenvalue weighted by molar-refractivity contribution is 7.07. The van der Waals surface area contributed by atoms with E-state index in [2.05, 4.69) is 4.98 Å². The van der Waals surface area contributed by atoms with Crippen LogP contribution in [0.2, 0.25) is 10.0 Å². The van der Waals surface area contributed by atoms with Gasteiger partial charge in [0.1, 0.15) is 5.75 Å². The van der Waals surface area contributed by atoms with E-state index in [-0.39, 0.29) is 11.3 Å². The van der Waals surface area contributed by atoms with Crippen molar-refractivity contribution in [3.63, 3.8) is 0 Å². The molecule has 1 N–H and O–H groups in total. The van der Waals surface area contributed by atoms with Crippen molar-refractivity contribution in [2.75, 3.05) is 7.11 Å². The molecule has 0 saturated carbocycles. The number of Topliss-reactive ketones (excluding diaryl/α,β-unsaturated/α-hetero) is 1. The SMILES string of the molecule is COc1ccccc1C(=O)/C=c1\[nH]c(=O)/c(=C\c2ccc(Cl)cc2Cl)s1. The molecular weight excluding hydrogens is 393 g/mol. The van der Waals surface area contributed by atoms with Crippen molar-refractivity contribution >= 4 is 52.5 Å². The third kappa shape index (κ3) is 4.07. The van der Waals surface area contributed by atoms with E-state index in [1.165, 1.54) is 24.5 Å². The summed E-state index contributed by atoms with van der Waals surface area (Å²) < 4.78 is 6.08. The first-order valence-electron chi connectivity index (χ1n) is 7.53. The zero-order chi connectivity index (χ0) is 18.7. The standard InChI is InChI=1S/C19H13Cl2NO3S/c1-25-16-5-3-2-4-13(16)15(23)10-18-22-19(24)17(26-18)8-11-6-7-12(20)9-14(11)21/h2-10H,1H3,(H,22,24)/b17-8+,18-10+. The molecule has 26 heavy (non-hydrogen) atoms. The van der Waals surface area contributed by atoms with Gasteiger partial charge in [0.05, 0.1) is 21.9 Å². The quantitative estimate of drug-likeness (QED) is 0.677. The third-order valence-corrected chi connectivity index (χ3v) is 5.09. The van der Waals surface area contributed by atoms with Crippen LogP contribution in [-0.4, -0.2) is 17.9 Å². The number of hydrogen-bond donors (Lipinski definition) is 1. The summed E-state index contributed by atoms with van der Waals surface area (Å²) in [6.45, 7) is 0. The smallest absolute Gasteiger partial charge is 0.266 e. The molecular formula is C19H13Cl2NO3S. The lowest BCUT2D eigenvalue weighted by Gasteiger charge is -2.03. The minimum absolute atomic E-state index is 0.254. The Morgan fingerprint density at radius 3 is 2.69 bits per heavy atom. The number of nitrogens with one attached hydrogen (secondary N) is 1. The van der Waals surface area contributed by atoms with E-state index < -0.39 is 0 Å². The van der Waals surface area contributed by atoms with Crippen molar-refractivity contribution in [3.05, 3.63) is 83.2 Å². The predicted octanol–water partition coefficient (Wildman–Crippen LogP) is 3.24. The summed E-state index contributed by atoms with van der Waals surface area (Å²) in [7, 11) is 1.50. The van der Waals surface area contributed by atoms with Crippen molar-refractivity contribution in [2.45, 2.75) is 0 Å². The number of aromatic amines is 1. The van der Waals surface area contributed by atoms with E-state index in [9.17, 15) is 9.59 Å². The number of thiazole rings is 1. The molecule has 3 aromatic rings. The molecule has 0 aliphatic rings. The topological polar surface area (TPSA) is 59.2 Å². The van der Waals surface area contributed by atoms with Gasteiger partial charge in [-0.15, -0.1) is 11.3 Å². The van der Waals surface area contributed by atoms with Crippen LogP contribution in [0.3, 0.4) is 0 Å². The highest BCUT2D eigenvalue weighted by atomic mass is 35.5. The lowest BCUT2D eigenvalue weighted by atomic mass is 10.1. The van der Waals surface area contributed by atoms with E-state index in [1.54, 1.807) is 48.5 Å². The Labute approximate surface area is 163 Å². The number of methoxy groups -OCH3 is 1. The molecule has 4 nitrogen and oxygen atoms in total. The molecule has 0 aliphatic heterocycles. The number of carbonyl (C=O) groups excluding carboxylic acids is 1. The second-order valence-electron chi connectivity index (χ2n) is 5.30. The van der Waals surface area contributed by atoms with E-state index >= 15 is 0 Å². The molecule has 7 heteroatoms. The molecule has 1 aromatic heterocycles. The van der Waals surface area contributed by atoms with Crippen LogP contribution in [0.25, 0.3) is 12.2 Å². The summed E-state index contributed by atoms with van der Waals surface area (Å²) in [6, 6.07) is 11.9. The average Bonchev–Trinajstić information content (AvgIpc) is 2.96. The van der Waals surface area contributed by atoms with Gasteiger partial charge < -0.3 is 9.72 Å². The van der Waals surface area contributed by atoms with E-state index in [1.807, 2.05) is 0 Å². The molecule has 0 fully saturated rings. The summed E-state index contributed by atoms with van der Waals surface area (Å²) >= 11 is 13.2. The Bertz CT molecular complexity index is 1150. The van der Waals surface area contributed by atoms with Crippen LogP contribution in [-0.2, 0) is 0 Å². The van der Waals surface area contributed by atoms with Crippen molar-refractivity contribution in [1.29, 1.82) is 0 Å². The number of halogens is 2. The molecule has 1 heterocycles. The molecule has 0 amide bonds. The first-order valence-corrected chi connectivity index (χ1v) is 9.10. The molecule has 132 valence electrons. The van der Waals surface area contributed by atoms with Crippen molar-refractivity contribution < 1.29 is 9.53 Å². The molecule has 0 atom stereocenters. The van der Waals surface area contributed by atoms with E-state index in [4.69, 9.17) is 27.9 Å². The zero-order valence-electron chi connectivity index (χ0n) is 13.6. The fraction of sp³-hybridized carbons (Fsp3) is 0.0526. The maximum atomic E-state index is 12.5. The Kier molecular flexibility index (Phi) is 5.61. The molecule has 0 unspecified atom stereocenters. The molecule has 0 aliphatic carbocycles. The molecule has 2 aromatic carbocycles. The monoisotopic (exact) mass is 405 g/mol. The minimum Gasteiger partial charge on any atom is -0.496 e.